The Bertz CT molecular complexity index is 415. The average molecular weight is 278 g/mol. The fraction of sp³-hybridized carbons (Fsp3) is 0.625. The summed E-state index contributed by atoms with van der Waals surface area (Å²) in [6.07, 6.45) is 5.22. The fourth-order valence-corrected chi connectivity index (χ4v) is 2.79. The molecule has 1 atom stereocenters. The van der Waals surface area contributed by atoms with E-state index in [0.717, 1.165) is 36.5 Å². The van der Waals surface area contributed by atoms with Gasteiger partial charge in [-0.15, -0.1) is 0 Å². The quantitative estimate of drug-likeness (QED) is 0.865. The molecule has 20 heavy (non-hydrogen) atoms. The number of hydrogen-bond acceptors (Lipinski definition) is 4. The lowest BCUT2D eigenvalue weighted by Gasteiger charge is -2.22. The van der Waals surface area contributed by atoms with Gasteiger partial charge in [0.1, 0.15) is 5.75 Å². The van der Waals surface area contributed by atoms with Crippen LogP contribution in [0.25, 0.3) is 0 Å². The van der Waals surface area contributed by atoms with Crippen LogP contribution < -0.4 is 10.5 Å². The van der Waals surface area contributed by atoms with Crippen LogP contribution in [0, 0.1) is 0 Å². The van der Waals surface area contributed by atoms with Gasteiger partial charge in [-0.2, -0.15) is 0 Å². The lowest BCUT2D eigenvalue weighted by Crippen LogP contribution is -2.24. The van der Waals surface area contributed by atoms with Gasteiger partial charge in [-0.1, -0.05) is 18.9 Å². The zero-order chi connectivity index (χ0) is 14.4. The molecule has 0 spiro atoms. The Morgan fingerprint density at radius 1 is 1.25 bits per heavy atom. The van der Waals surface area contributed by atoms with Gasteiger partial charge in [0.2, 0.25) is 0 Å². The first-order valence-corrected chi connectivity index (χ1v) is 7.50. The van der Waals surface area contributed by atoms with Gasteiger partial charge in [0.05, 0.1) is 19.8 Å². The molecule has 0 saturated carbocycles. The van der Waals surface area contributed by atoms with Gasteiger partial charge in [-0.05, 0) is 43.6 Å². The van der Waals surface area contributed by atoms with Gasteiger partial charge in [0, 0.05) is 12.1 Å². The van der Waals surface area contributed by atoms with Crippen LogP contribution in [0.3, 0.4) is 0 Å². The van der Waals surface area contributed by atoms with E-state index >= 15 is 0 Å². The molecule has 1 saturated heterocycles. The van der Waals surface area contributed by atoms with Crippen LogP contribution in [0.5, 0.6) is 5.75 Å². The van der Waals surface area contributed by atoms with E-state index in [-0.39, 0.29) is 12.6 Å². The summed E-state index contributed by atoms with van der Waals surface area (Å²) in [6, 6.07) is 5.65. The van der Waals surface area contributed by atoms with E-state index in [1.165, 1.54) is 25.7 Å². The molecule has 1 aromatic carbocycles. The van der Waals surface area contributed by atoms with Crippen molar-refractivity contribution in [2.75, 3.05) is 26.8 Å². The molecule has 1 aliphatic rings. The predicted molar refractivity (Wildman–Crippen MR) is 80.8 cm³/mol. The first kappa shape index (κ1) is 15.3. The normalized spacial score (nSPS) is 18.6. The van der Waals surface area contributed by atoms with Crippen molar-refractivity contribution in [2.45, 2.75) is 38.3 Å². The van der Waals surface area contributed by atoms with Crippen LogP contribution in [-0.2, 0) is 6.54 Å². The number of nitrogens with two attached hydrogens (primary N) is 1. The van der Waals surface area contributed by atoms with Crippen molar-refractivity contribution in [1.29, 1.82) is 0 Å². The summed E-state index contributed by atoms with van der Waals surface area (Å²) in [5.74, 6) is 0.906. The second-order valence-electron chi connectivity index (χ2n) is 5.55. The molecule has 0 bridgehead atoms. The zero-order valence-corrected chi connectivity index (χ0v) is 12.3. The third-order valence-corrected chi connectivity index (χ3v) is 4.02. The highest BCUT2D eigenvalue weighted by molar-refractivity contribution is 5.38. The molecule has 4 heteroatoms. The van der Waals surface area contributed by atoms with Crippen LogP contribution in [-0.4, -0.2) is 36.8 Å². The zero-order valence-electron chi connectivity index (χ0n) is 12.3. The summed E-state index contributed by atoms with van der Waals surface area (Å²) in [4.78, 5) is 2.49. The van der Waals surface area contributed by atoms with Gasteiger partial charge in [-0.3, -0.25) is 4.90 Å². The summed E-state index contributed by atoms with van der Waals surface area (Å²) in [5, 5.41) is 9.20. The highest BCUT2D eigenvalue weighted by atomic mass is 16.5. The van der Waals surface area contributed by atoms with E-state index in [2.05, 4.69) is 11.0 Å². The van der Waals surface area contributed by atoms with Crippen molar-refractivity contribution < 1.29 is 9.84 Å². The number of hydrogen-bond donors (Lipinski definition) is 2. The molecular formula is C16H26N2O2. The molecule has 0 aromatic heterocycles. The minimum atomic E-state index is -0.316. The largest absolute Gasteiger partial charge is 0.496 e. The maximum absolute atomic E-state index is 9.20. The molecule has 0 radical (unpaired) electrons. The Morgan fingerprint density at radius 2 is 1.95 bits per heavy atom. The van der Waals surface area contributed by atoms with Crippen LogP contribution in [0.4, 0.5) is 0 Å². The van der Waals surface area contributed by atoms with Crippen molar-refractivity contribution in [3.63, 3.8) is 0 Å². The van der Waals surface area contributed by atoms with E-state index < -0.39 is 0 Å². The number of methoxy groups -OCH3 is 1. The second kappa shape index (κ2) is 7.62. The standard InChI is InChI=1S/C16H26N2O2/c1-20-16-7-6-13(15(17)12-19)10-14(16)11-18-8-4-2-3-5-9-18/h6-7,10,15,19H,2-5,8-9,11-12,17H2,1H3/t15-/m0/s1. The number of ether oxygens (including phenoxy) is 1. The van der Waals surface area contributed by atoms with Crippen molar-refractivity contribution in [1.82, 2.24) is 4.90 Å². The predicted octanol–water partition coefficient (Wildman–Crippen LogP) is 2.06. The van der Waals surface area contributed by atoms with Crippen molar-refractivity contribution in [3.05, 3.63) is 29.3 Å². The molecule has 112 valence electrons. The molecule has 1 aromatic rings. The third kappa shape index (κ3) is 3.95. The number of aliphatic hydroxyl groups excluding tert-OH is 1. The Labute approximate surface area is 121 Å². The highest BCUT2D eigenvalue weighted by Crippen LogP contribution is 2.25. The Kier molecular flexibility index (Phi) is 5.83. The van der Waals surface area contributed by atoms with Gasteiger partial charge < -0.3 is 15.6 Å². The van der Waals surface area contributed by atoms with E-state index in [1.807, 2.05) is 12.1 Å². The van der Waals surface area contributed by atoms with Crippen molar-refractivity contribution >= 4 is 0 Å². The van der Waals surface area contributed by atoms with Gasteiger partial charge >= 0.3 is 0 Å². The SMILES string of the molecule is COc1ccc([C@@H](N)CO)cc1CN1CCCCCC1. The maximum atomic E-state index is 9.20. The molecule has 1 fully saturated rings. The van der Waals surface area contributed by atoms with Crippen LogP contribution in [0.2, 0.25) is 0 Å². The number of nitrogens with zero attached hydrogens (tertiary/aromatic N) is 1. The molecule has 3 N–H and O–H groups in total. The van der Waals surface area contributed by atoms with Crippen molar-refractivity contribution in [2.24, 2.45) is 5.73 Å². The molecule has 0 amide bonds. The van der Waals surface area contributed by atoms with E-state index in [9.17, 15) is 5.11 Å². The lowest BCUT2D eigenvalue weighted by atomic mass is 10.0. The van der Waals surface area contributed by atoms with Gasteiger partial charge in [0.25, 0.3) is 0 Å². The monoisotopic (exact) mass is 278 g/mol. The van der Waals surface area contributed by atoms with Gasteiger partial charge in [0.15, 0.2) is 0 Å². The molecule has 1 aliphatic heterocycles. The summed E-state index contributed by atoms with van der Waals surface area (Å²) in [6.45, 7) is 3.17. The first-order chi connectivity index (χ1) is 9.74. The molecule has 0 unspecified atom stereocenters. The van der Waals surface area contributed by atoms with Crippen LogP contribution in [0.15, 0.2) is 18.2 Å². The molecule has 1 heterocycles. The minimum Gasteiger partial charge on any atom is -0.496 e. The number of likely N-dealkylation sites (tertiary alicyclic amines) is 1. The van der Waals surface area contributed by atoms with E-state index in [4.69, 9.17) is 10.5 Å². The average Bonchev–Trinajstić information content (AvgIpc) is 2.75. The van der Waals surface area contributed by atoms with E-state index in [1.54, 1.807) is 7.11 Å². The fourth-order valence-electron chi connectivity index (χ4n) is 2.79. The molecule has 2 rings (SSSR count). The Morgan fingerprint density at radius 3 is 2.55 bits per heavy atom. The number of rotatable bonds is 5. The highest BCUT2D eigenvalue weighted by Gasteiger charge is 2.14. The third-order valence-electron chi connectivity index (χ3n) is 4.02. The molecule has 4 nitrogen and oxygen atoms in total. The second-order valence-corrected chi connectivity index (χ2v) is 5.55. The van der Waals surface area contributed by atoms with E-state index in [0.29, 0.717) is 0 Å². The summed E-state index contributed by atoms with van der Waals surface area (Å²) in [5.41, 5.74) is 8.04. The number of aliphatic hydroxyl groups is 1. The Hall–Kier alpha value is -1.10. The van der Waals surface area contributed by atoms with Crippen molar-refractivity contribution in [3.8, 4) is 5.75 Å². The topological polar surface area (TPSA) is 58.7 Å². The number of benzene rings is 1. The summed E-state index contributed by atoms with van der Waals surface area (Å²) >= 11 is 0. The smallest absolute Gasteiger partial charge is 0.123 e. The van der Waals surface area contributed by atoms with Crippen LogP contribution >= 0.6 is 0 Å². The molecule has 0 aliphatic carbocycles. The minimum absolute atomic E-state index is 0.0323. The summed E-state index contributed by atoms with van der Waals surface area (Å²) in [7, 11) is 1.70. The van der Waals surface area contributed by atoms with Crippen LogP contribution in [0.1, 0.15) is 42.9 Å². The summed E-state index contributed by atoms with van der Waals surface area (Å²) < 4.78 is 5.46. The maximum Gasteiger partial charge on any atom is 0.123 e. The lowest BCUT2D eigenvalue weighted by molar-refractivity contribution is 0.265. The molecular weight excluding hydrogens is 252 g/mol. The Balaban J connectivity index is 2.14. The first-order valence-electron chi connectivity index (χ1n) is 7.50. The van der Waals surface area contributed by atoms with Gasteiger partial charge in [-0.25, -0.2) is 0 Å².